The molecule has 0 aliphatic rings. The van der Waals surface area contributed by atoms with Crippen LogP contribution in [0.2, 0.25) is 5.02 Å². The summed E-state index contributed by atoms with van der Waals surface area (Å²) in [7, 11) is 1.28. The number of phenolic OH excluding ortho intramolecular Hbond substituents is 1. The molecular weight excluding hydrogens is 320 g/mol. The molecule has 0 aromatic heterocycles. The number of phenols is 1. The van der Waals surface area contributed by atoms with Gasteiger partial charge in [-0.05, 0) is 35.9 Å². The highest BCUT2D eigenvalue weighted by atomic mass is 35.5. The van der Waals surface area contributed by atoms with Crippen LogP contribution in [-0.2, 0) is 11.3 Å². The molecule has 0 heterocycles. The zero-order valence-electron chi connectivity index (χ0n) is 12.3. The van der Waals surface area contributed by atoms with Gasteiger partial charge in [0, 0.05) is 17.3 Å². The molecule has 0 unspecified atom stereocenters. The van der Waals surface area contributed by atoms with Crippen molar-refractivity contribution in [3.05, 3.63) is 58.6 Å². The van der Waals surface area contributed by atoms with Crippen molar-refractivity contribution in [1.82, 2.24) is 5.32 Å². The van der Waals surface area contributed by atoms with Gasteiger partial charge in [0.15, 0.2) is 0 Å². The standard InChI is InChI=1S/C16H15ClN2O4/c1-23-16(22)19-12-5-2-10(3-6-12)9-18-15(21)13-8-11(17)4-7-14(13)20/h2-8,20H,9H2,1H3,(H,18,21)(H,19,22). The lowest BCUT2D eigenvalue weighted by Gasteiger charge is -2.08. The number of carbonyl (C=O) groups excluding carboxylic acids is 2. The Kier molecular flexibility index (Phi) is 5.43. The lowest BCUT2D eigenvalue weighted by molar-refractivity contribution is 0.0948. The fourth-order valence-electron chi connectivity index (χ4n) is 1.84. The molecule has 6 nitrogen and oxygen atoms in total. The van der Waals surface area contributed by atoms with Gasteiger partial charge in [0.2, 0.25) is 0 Å². The van der Waals surface area contributed by atoms with Gasteiger partial charge in [0.25, 0.3) is 5.91 Å². The van der Waals surface area contributed by atoms with Crippen LogP contribution in [-0.4, -0.2) is 24.2 Å². The van der Waals surface area contributed by atoms with Gasteiger partial charge in [-0.2, -0.15) is 0 Å². The average Bonchev–Trinajstić information content (AvgIpc) is 2.56. The van der Waals surface area contributed by atoms with E-state index < -0.39 is 12.0 Å². The van der Waals surface area contributed by atoms with Crippen LogP contribution in [0, 0.1) is 0 Å². The van der Waals surface area contributed by atoms with Crippen molar-refractivity contribution in [3.63, 3.8) is 0 Å². The van der Waals surface area contributed by atoms with E-state index in [1.165, 1.54) is 25.3 Å². The fraction of sp³-hybridized carbons (Fsp3) is 0.125. The first-order valence-corrected chi connectivity index (χ1v) is 7.08. The first-order valence-electron chi connectivity index (χ1n) is 6.70. The zero-order chi connectivity index (χ0) is 16.8. The summed E-state index contributed by atoms with van der Waals surface area (Å²) in [6.45, 7) is 0.267. The maximum Gasteiger partial charge on any atom is 0.411 e. The number of benzene rings is 2. The fourth-order valence-corrected chi connectivity index (χ4v) is 2.01. The molecule has 3 N–H and O–H groups in total. The van der Waals surface area contributed by atoms with Gasteiger partial charge in [0.05, 0.1) is 12.7 Å². The van der Waals surface area contributed by atoms with Gasteiger partial charge in [-0.25, -0.2) is 4.79 Å². The van der Waals surface area contributed by atoms with Gasteiger partial charge in [-0.3, -0.25) is 10.1 Å². The molecule has 0 radical (unpaired) electrons. The van der Waals surface area contributed by atoms with Crippen LogP contribution < -0.4 is 10.6 Å². The SMILES string of the molecule is COC(=O)Nc1ccc(CNC(=O)c2cc(Cl)ccc2O)cc1. The molecule has 2 amide bonds. The lowest BCUT2D eigenvalue weighted by atomic mass is 10.1. The number of aromatic hydroxyl groups is 1. The van der Waals surface area contributed by atoms with Gasteiger partial charge in [-0.15, -0.1) is 0 Å². The number of rotatable bonds is 4. The van der Waals surface area contributed by atoms with E-state index in [0.717, 1.165) is 5.56 Å². The Morgan fingerprint density at radius 2 is 1.87 bits per heavy atom. The second-order valence-corrected chi connectivity index (χ2v) is 5.09. The van der Waals surface area contributed by atoms with Crippen LogP contribution in [0.1, 0.15) is 15.9 Å². The number of nitrogens with one attached hydrogen (secondary N) is 2. The van der Waals surface area contributed by atoms with Crippen LogP contribution in [0.3, 0.4) is 0 Å². The number of halogens is 1. The third kappa shape index (κ3) is 4.62. The maximum atomic E-state index is 12.0. The molecule has 0 aliphatic carbocycles. The molecule has 2 rings (SSSR count). The summed E-state index contributed by atoms with van der Waals surface area (Å²) in [4.78, 5) is 23.1. The maximum absolute atomic E-state index is 12.0. The van der Waals surface area contributed by atoms with Crippen LogP contribution in [0.25, 0.3) is 0 Å². The van der Waals surface area contributed by atoms with Crippen molar-refractivity contribution in [2.75, 3.05) is 12.4 Å². The van der Waals surface area contributed by atoms with Crippen molar-refractivity contribution < 1.29 is 19.4 Å². The largest absolute Gasteiger partial charge is 0.507 e. The number of anilines is 1. The Morgan fingerprint density at radius 3 is 2.52 bits per heavy atom. The molecule has 2 aromatic carbocycles. The normalized spacial score (nSPS) is 10.0. The third-order valence-corrected chi connectivity index (χ3v) is 3.28. The number of carbonyl (C=O) groups is 2. The van der Waals surface area contributed by atoms with E-state index in [1.807, 2.05) is 0 Å². The minimum Gasteiger partial charge on any atom is -0.507 e. The van der Waals surface area contributed by atoms with E-state index in [4.69, 9.17) is 11.6 Å². The number of hydrogen-bond acceptors (Lipinski definition) is 4. The van der Waals surface area contributed by atoms with Crippen molar-refractivity contribution in [3.8, 4) is 5.75 Å². The average molecular weight is 335 g/mol. The van der Waals surface area contributed by atoms with E-state index in [9.17, 15) is 14.7 Å². The van der Waals surface area contributed by atoms with Crippen LogP contribution in [0.4, 0.5) is 10.5 Å². The smallest absolute Gasteiger partial charge is 0.411 e. The molecule has 0 atom stereocenters. The second kappa shape index (κ2) is 7.51. The van der Waals surface area contributed by atoms with E-state index in [-0.39, 0.29) is 17.9 Å². The molecular formula is C16H15ClN2O4. The van der Waals surface area contributed by atoms with E-state index in [2.05, 4.69) is 15.4 Å². The van der Waals surface area contributed by atoms with Gasteiger partial charge in [-0.1, -0.05) is 23.7 Å². The zero-order valence-corrected chi connectivity index (χ0v) is 13.1. The summed E-state index contributed by atoms with van der Waals surface area (Å²) in [5.41, 5.74) is 1.52. The Bertz CT molecular complexity index is 717. The first-order chi connectivity index (χ1) is 11.0. The number of amides is 2. The molecule has 0 saturated carbocycles. The van der Waals surface area contributed by atoms with Crippen molar-refractivity contribution in [1.29, 1.82) is 0 Å². The predicted octanol–water partition coefficient (Wildman–Crippen LogP) is 3.15. The van der Waals surface area contributed by atoms with Gasteiger partial charge >= 0.3 is 6.09 Å². The molecule has 0 saturated heterocycles. The van der Waals surface area contributed by atoms with E-state index in [0.29, 0.717) is 10.7 Å². The van der Waals surface area contributed by atoms with Crippen molar-refractivity contribution in [2.24, 2.45) is 0 Å². The Hall–Kier alpha value is -2.73. The molecule has 0 fully saturated rings. The highest BCUT2D eigenvalue weighted by molar-refractivity contribution is 6.31. The number of methoxy groups -OCH3 is 1. The second-order valence-electron chi connectivity index (χ2n) is 4.66. The molecule has 7 heteroatoms. The third-order valence-electron chi connectivity index (χ3n) is 3.04. The Morgan fingerprint density at radius 1 is 1.17 bits per heavy atom. The van der Waals surface area contributed by atoms with E-state index in [1.54, 1.807) is 24.3 Å². The topological polar surface area (TPSA) is 87.7 Å². The monoisotopic (exact) mass is 334 g/mol. The highest BCUT2D eigenvalue weighted by Crippen LogP contribution is 2.21. The minimum absolute atomic E-state index is 0.112. The molecule has 0 spiro atoms. The predicted molar refractivity (Wildman–Crippen MR) is 86.8 cm³/mol. The summed E-state index contributed by atoms with van der Waals surface area (Å²) in [5.74, 6) is -0.564. The summed E-state index contributed by atoms with van der Waals surface area (Å²) >= 11 is 5.81. The molecule has 120 valence electrons. The lowest BCUT2D eigenvalue weighted by Crippen LogP contribution is -2.22. The van der Waals surface area contributed by atoms with Gasteiger partial charge in [0.1, 0.15) is 5.75 Å². The summed E-state index contributed by atoms with van der Waals surface area (Å²) in [6, 6.07) is 11.2. The van der Waals surface area contributed by atoms with Gasteiger partial charge < -0.3 is 15.2 Å². The molecule has 0 bridgehead atoms. The molecule has 2 aromatic rings. The van der Waals surface area contributed by atoms with Crippen molar-refractivity contribution in [2.45, 2.75) is 6.54 Å². The Balaban J connectivity index is 1.96. The number of ether oxygens (including phenoxy) is 1. The van der Waals surface area contributed by atoms with E-state index >= 15 is 0 Å². The Labute approximate surface area is 138 Å². The highest BCUT2D eigenvalue weighted by Gasteiger charge is 2.11. The van der Waals surface area contributed by atoms with Crippen molar-refractivity contribution >= 4 is 29.3 Å². The summed E-state index contributed by atoms with van der Waals surface area (Å²) in [6.07, 6.45) is -0.553. The van der Waals surface area contributed by atoms with Crippen LogP contribution >= 0.6 is 11.6 Å². The van der Waals surface area contributed by atoms with Crippen LogP contribution in [0.15, 0.2) is 42.5 Å². The first kappa shape index (κ1) is 16.6. The molecule has 23 heavy (non-hydrogen) atoms. The van der Waals surface area contributed by atoms with Crippen LogP contribution in [0.5, 0.6) is 5.75 Å². The quantitative estimate of drug-likeness (QED) is 0.801. The minimum atomic E-state index is -0.553. The number of hydrogen-bond donors (Lipinski definition) is 3. The summed E-state index contributed by atoms with van der Waals surface area (Å²) in [5, 5.41) is 15.3. The summed E-state index contributed by atoms with van der Waals surface area (Å²) < 4.78 is 4.49. The molecule has 0 aliphatic heterocycles.